The number of anilines is 1. The Labute approximate surface area is 246 Å². The van der Waals surface area contributed by atoms with E-state index in [1.807, 2.05) is 24.3 Å². The Bertz CT molecular complexity index is 2100. The van der Waals surface area contributed by atoms with Gasteiger partial charge < -0.3 is 18.9 Å². The second-order valence-corrected chi connectivity index (χ2v) is 11.9. The Morgan fingerprint density at radius 1 is 0.930 bits per heavy atom. The Kier molecular flexibility index (Phi) is 6.89. The Hall–Kier alpha value is -5.16. The lowest BCUT2D eigenvalue weighted by molar-refractivity contribution is 0.0964. The summed E-state index contributed by atoms with van der Waals surface area (Å²) in [5, 5.41) is 3.07. The number of sulfonamides is 1. The maximum Gasteiger partial charge on any atom is 0.255 e. The van der Waals surface area contributed by atoms with Gasteiger partial charge in [-0.1, -0.05) is 12.1 Å². The van der Waals surface area contributed by atoms with E-state index < -0.39 is 21.7 Å². The zero-order valence-electron chi connectivity index (χ0n) is 23.6. The molecule has 0 unspecified atom stereocenters. The lowest BCUT2D eigenvalue weighted by Crippen LogP contribution is -2.25. The number of hydrogen-bond acceptors (Lipinski definition) is 7. The lowest BCUT2D eigenvalue weighted by atomic mass is 9.96. The molecular formula is C32H26FN3O6S. The van der Waals surface area contributed by atoms with Crippen LogP contribution in [0.3, 0.4) is 0 Å². The largest absolute Gasteiger partial charge is 0.496 e. The molecule has 0 saturated carbocycles. The van der Waals surface area contributed by atoms with E-state index in [0.717, 1.165) is 10.6 Å². The van der Waals surface area contributed by atoms with Crippen LogP contribution in [0.15, 0.2) is 87.7 Å². The minimum absolute atomic E-state index is 0.214. The van der Waals surface area contributed by atoms with Crippen LogP contribution in [0.5, 0.6) is 5.75 Å². The molecule has 9 nitrogen and oxygen atoms in total. The molecule has 0 saturated heterocycles. The summed E-state index contributed by atoms with van der Waals surface area (Å²) in [6, 6.07) is 21.5. The summed E-state index contributed by atoms with van der Waals surface area (Å²) in [5.41, 5.74) is 4.16. The van der Waals surface area contributed by atoms with Crippen LogP contribution in [-0.4, -0.2) is 46.8 Å². The van der Waals surface area contributed by atoms with Crippen molar-refractivity contribution in [3.8, 4) is 39.7 Å². The van der Waals surface area contributed by atoms with Crippen molar-refractivity contribution in [3.05, 3.63) is 90.2 Å². The molecule has 2 heterocycles. The van der Waals surface area contributed by atoms with Gasteiger partial charge in [0.2, 0.25) is 15.9 Å². The molecule has 0 aliphatic carbocycles. The molecule has 0 aliphatic heterocycles. The number of ether oxygens (including phenoxy) is 1. The van der Waals surface area contributed by atoms with Crippen molar-refractivity contribution >= 4 is 43.7 Å². The van der Waals surface area contributed by atoms with Crippen LogP contribution in [0.4, 0.5) is 10.1 Å². The van der Waals surface area contributed by atoms with E-state index >= 15 is 0 Å². The van der Waals surface area contributed by atoms with Gasteiger partial charge in [-0.05, 0) is 60.7 Å². The maximum atomic E-state index is 13.7. The zero-order chi connectivity index (χ0) is 30.5. The van der Waals surface area contributed by atoms with Gasteiger partial charge in [0.1, 0.15) is 28.4 Å². The normalized spacial score (nSPS) is 11.7. The molecule has 43 heavy (non-hydrogen) atoms. The van der Waals surface area contributed by atoms with Gasteiger partial charge in [0.15, 0.2) is 5.58 Å². The number of aromatic nitrogens is 1. The van der Waals surface area contributed by atoms with E-state index in [9.17, 15) is 17.6 Å². The highest BCUT2D eigenvalue weighted by Gasteiger charge is 2.27. The molecule has 0 bridgehead atoms. The van der Waals surface area contributed by atoms with E-state index in [2.05, 4.69) is 10.3 Å². The van der Waals surface area contributed by atoms with Crippen LogP contribution < -0.4 is 14.4 Å². The summed E-state index contributed by atoms with van der Waals surface area (Å²) >= 11 is 0. The van der Waals surface area contributed by atoms with Crippen molar-refractivity contribution in [1.82, 2.24) is 10.3 Å². The molecule has 0 fully saturated rings. The Balaban J connectivity index is 1.65. The lowest BCUT2D eigenvalue weighted by Gasteiger charge is -2.22. The summed E-state index contributed by atoms with van der Waals surface area (Å²) in [4.78, 5) is 17.8. The third-order valence-corrected chi connectivity index (χ3v) is 8.43. The molecular weight excluding hydrogens is 573 g/mol. The average molecular weight is 600 g/mol. The molecule has 6 rings (SSSR count). The molecule has 2 aromatic heterocycles. The number of benzene rings is 4. The molecule has 1 amide bonds. The summed E-state index contributed by atoms with van der Waals surface area (Å²) in [7, 11) is 0.701. The molecule has 11 heteroatoms. The number of fused-ring (bicyclic) bond motifs is 2. The van der Waals surface area contributed by atoms with Crippen molar-refractivity contribution in [2.24, 2.45) is 0 Å². The molecule has 0 atom stereocenters. The highest BCUT2D eigenvalue weighted by molar-refractivity contribution is 7.92. The first kappa shape index (κ1) is 28.0. The van der Waals surface area contributed by atoms with Gasteiger partial charge >= 0.3 is 0 Å². The zero-order valence-corrected chi connectivity index (χ0v) is 24.5. The van der Waals surface area contributed by atoms with E-state index in [1.54, 1.807) is 30.3 Å². The van der Waals surface area contributed by atoms with Gasteiger partial charge in [0, 0.05) is 47.8 Å². The number of nitrogens with zero attached hydrogens (tertiary/aromatic N) is 2. The highest BCUT2D eigenvalue weighted by Crippen LogP contribution is 2.44. The quantitative estimate of drug-likeness (QED) is 0.223. The highest BCUT2D eigenvalue weighted by atomic mass is 32.2. The van der Waals surface area contributed by atoms with Crippen molar-refractivity contribution in [3.63, 3.8) is 0 Å². The van der Waals surface area contributed by atoms with E-state index in [0.29, 0.717) is 50.4 Å². The van der Waals surface area contributed by atoms with Gasteiger partial charge in [0.05, 0.1) is 24.6 Å². The number of hydrogen-bond donors (Lipinski definition) is 1. The van der Waals surface area contributed by atoms with E-state index in [-0.39, 0.29) is 22.6 Å². The van der Waals surface area contributed by atoms with Crippen molar-refractivity contribution in [2.45, 2.75) is 0 Å². The smallest absolute Gasteiger partial charge is 0.255 e. The van der Waals surface area contributed by atoms with Gasteiger partial charge in [0.25, 0.3) is 5.91 Å². The predicted octanol–water partition coefficient (Wildman–Crippen LogP) is 6.48. The van der Waals surface area contributed by atoms with Gasteiger partial charge in [-0.2, -0.15) is 0 Å². The average Bonchev–Trinajstić information content (AvgIpc) is 3.61. The molecule has 0 spiro atoms. The summed E-state index contributed by atoms with van der Waals surface area (Å²) in [6.07, 6.45) is 1.09. The van der Waals surface area contributed by atoms with Gasteiger partial charge in [-0.3, -0.25) is 9.10 Å². The van der Waals surface area contributed by atoms with Crippen LogP contribution >= 0.6 is 0 Å². The maximum absolute atomic E-state index is 13.7. The second-order valence-electron chi connectivity index (χ2n) is 9.89. The predicted molar refractivity (Wildman–Crippen MR) is 163 cm³/mol. The van der Waals surface area contributed by atoms with E-state index in [1.165, 1.54) is 45.5 Å². The minimum atomic E-state index is -3.74. The Morgan fingerprint density at radius 2 is 1.65 bits per heavy atom. The van der Waals surface area contributed by atoms with Gasteiger partial charge in [-0.25, -0.2) is 17.8 Å². The number of halogens is 1. The van der Waals surface area contributed by atoms with Crippen molar-refractivity contribution in [1.29, 1.82) is 0 Å². The standard InChI is InChI=1S/C32H26FN3O6S/c1-34-31(37)29-23-16-21(22-15-19(11-14-26(22)40-3)32-35-24-7-5-6-8-27(24)42-32)25(36(2)43(4,38)39)17-28(23)41-30(29)18-9-12-20(33)13-10-18/h5-17H,1-4H3,(H,34,37). The number of nitrogens with one attached hydrogen (secondary N) is 1. The molecule has 4 aromatic carbocycles. The topological polar surface area (TPSA) is 115 Å². The molecule has 0 radical (unpaired) electrons. The van der Waals surface area contributed by atoms with Crippen molar-refractivity contribution < 1.29 is 31.2 Å². The number of carbonyl (C=O) groups is 1. The number of rotatable bonds is 7. The van der Waals surface area contributed by atoms with Gasteiger partial charge in [-0.15, -0.1) is 0 Å². The molecule has 6 aromatic rings. The van der Waals surface area contributed by atoms with Crippen molar-refractivity contribution in [2.75, 3.05) is 31.8 Å². The SMILES string of the molecule is CNC(=O)c1c(-c2ccc(F)cc2)oc2cc(N(C)S(C)(=O)=O)c(-c3cc(-c4nc5ccccc5o4)ccc3OC)cc12. The third-order valence-electron chi connectivity index (χ3n) is 7.23. The Morgan fingerprint density at radius 3 is 2.33 bits per heavy atom. The number of amides is 1. The number of furan rings is 1. The minimum Gasteiger partial charge on any atom is -0.496 e. The molecule has 0 aliphatic rings. The number of methoxy groups -OCH3 is 1. The number of oxazole rings is 1. The van der Waals surface area contributed by atoms with Crippen LogP contribution in [0.1, 0.15) is 10.4 Å². The summed E-state index contributed by atoms with van der Waals surface area (Å²) in [5.74, 6) is 0.168. The fourth-order valence-electron chi connectivity index (χ4n) is 4.99. The second kappa shape index (κ2) is 10.6. The first-order valence-corrected chi connectivity index (χ1v) is 15.0. The van der Waals surface area contributed by atoms with Crippen LogP contribution in [0.2, 0.25) is 0 Å². The summed E-state index contributed by atoms with van der Waals surface area (Å²) in [6.45, 7) is 0. The number of carbonyl (C=O) groups excluding carboxylic acids is 1. The number of para-hydroxylation sites is 2. The third kappa shape index (κ3) is 4.97. The first-order chi connectivity index (χ1) is 20.6. The van der Waals surface area contributed by atoms with Crippen LogP contribution in [0.25, 0.3) is 56.0 Å². The van der Waals surface area contributed by atoms with Crippen LogP contribution in [0, 0.1) is 5.82 Å². The molecule has 1 N–H and O–H groups in total. The monoisotopic (exact) mass is 599 g/mol. The first-order valence-electron chi connectivity index (χ1n) is 13.2. The fourth-order valence-corrected chi connectivity index (χ4v) is 5.50. The molecule has 218 valence electrons. The fraction of sp³-hybridized carbons (Fsp3) is 0.125. The summed E-state index contributed by atoms with van der Waals surface area (Å²) < 4.78 is 58.3. The van der Waals surface area contributed by atoms with E-state index in [4.69, 9.17) is 13.6 Å². The van der Waals surface area contributed by atoms with Crippen LogP contribution in [-0.2, 0) is 10.0 Å².